The molecule has 0 radical (unpaired) electrons. The van der Waals surface area contributed by atoms with E-state index in [9.17, 15) is 26.4 Å². The predicted molar refractivity (Wildman–Crippen MR) is 142 cm³/mol. The first-order valence-electron chi connectivity index (χ1n) is 12.7. The van der Waals surface area contributed by atoms with Gasteiger partial charge in [-0.15, -0.1) is 0 Å². The van der Waals surface area contributed by atoms with Crippen molar-refractivity contribution in [2.45, 2.75) is 56.3 Å². The lowest BCUT2D eigenvalue weighted by molar-refractivity contribution is -0.137. The number of carbonyl (C=O) groups is 1. The van der Waals surface area contributed by atoms with E-state index in [0.717, 1.165) is 41.8 Å². The van der Waals surface area contributed by atoms with Crippen LogP contribution in [0, 0.1) is 0 Å². The Morgan fingerprint density at radius 3 is 2.24 bits per heavy atom. The molecule has 0 aliphatic carbocycles. The zero-order valence-corrected chi connectivity index (χ0v) is 22.1. The molecule has 0 bridgehead atoms. The van der Waals surface area contributed by atoms with Gasteiger partial charge in [0.2, 0.25) is 0 Å². The summed E-state index contributed by atoms with van der Waals surface area (Å²) in [6, 6.07) is 19.3. The van der Waals surface area contributed by atoms with Gasteiger partial charge in [0.15, 0.2) is 9.84 Å². The average Bonchev–Trinajstić information content (AvgIpc) is 3.36. The molecule has 1 aliphatic heterocycles. The summed E-state index contributed by atoms with van der Waals surface area (Å²) in [5.41, 5.74) is 2.28. The van der Waals surface area contributed by atoms with Crippen molar-refractivity contribution in [1.82, 2.24) is 5.32 Å². The van der Waals surface area contributed by atoms with Crippen molar-refractivity contribution in [3.63, 3.8) is 0 Å². The van der Waals surface area contributed by atoms with Crippen LogP contribution in [-0.2, 0) is 22.6 Å². The van der Waals surface area contributed by atoms with E-state index in [-0.39, 0.29) is 35.1 Å². The number of amides is 1. The summed E-state index contributed by atoms with van der Waals surface area (Å²) in [5, 5.41) is 2.93. The van der Waals surface area contributed by atoms with Crippen molar-refractivity contribution in [1.29, 1.82) is 0 Å². The zero-order chi connectivity index (χ0) is 27.5. The van der Waals surface area contributed by atoms with Crippen molar-refractivity contribution < 1.29 is 26.4 Å². The highest BCUT2D eigenvalue weighted by Crippen LogP contribution is 2.39. The number of carbonyl (C=O) groups excluding carboxylic acids is 1. The van der Waals surface area contributed by atoms with Crippen LogP contribution in [0.1, 0.15) is 59.7 Å². The highest BCUT2D eigenvalue weighted by Gasteiger charge is 2.35. The highest BCUT2D eigenvalue weighted by molar-refractivity contribution is 7.91. The zero-order valence-electron chi connectivity index (χ0n) is 21.3. The third kappa shape index (κ3) is 6.04. The summed E-state index contributed by atoms with van der Waals surface area (Å²) < 4.78 is 63.0. The standard InChI is InChI=1S/C29H31F3N2O3S/c1-3-24-17-22(21-11-13-23(14-12-21)29(30,31)32)19-34(24)27-8-6-5-7-26(27)28(35)33-18-20-9-15-25(16-10-20)38(36,37)4-2/h5-16,22,24H,3-4,17-19H2,1-2H3,(H,33,35)/t22?,24-/m0/s1. The van der Waals surface area contributed by atoms with Gasteiger partial charge in [-0.25, -0.2) is 8.42 Å². The van der Waals surface area contributed by atoms with Crippen molar-refractivity contribution in [3.05, 3.63) is 95.1 Å². The largest absolute Gasteiger partial charge is 0.416 e. The monoisotopic (exact) mass is 544 g/mol. The minimum absolute atomic E-state index is 0.0227. The van der Waals surface area contributed by atoms with Crippen LogP contribution >= 0.6 is 0 Å². The van der Waals surface area contributed by atoms with Gasteiger partial charge in [0.25, 0.3) is 5.91 Å². The van der Waals surface area contributed by atoms with Gasteiger partial charge < -0.3 is 10.2 Å². The van der Waals surface area contributed by atoms with E-state index >= 15 is 0 Å². The molecular weight excluding hydrogens is 513 g/mol. The van der Waals surface area contributed by atoms with Gasteiger partial charge >= 0.3 is 6.18 Å². The lowest BCUT2D eigenvalue weighted by Gasteiger charge is -2.28. The molecule has 0 saturated carbocycles. The molecule has 1 aliphatic rings. The molecule has 1 unspecified atom stereocenters. The van der Waals surface area contributed by atoms with E-state index in [1.165, 1.54) is 0 Å². The average molecular weight is 545 g/mol. The Bertz CT molecular complexity index is 1370. The number of hydrogen-bond donors (Lipinski definition) is 1. The molecule has 3 aromatic carbocycles. The normalized spacial score (nSPS) is 18.0. The van der Waals surface area contributed by atoms with Gasteiger partial charge in [0, 0.05) is 30.7 Å². The van der Waals surface area contributed by atoms with Crippen molar-refractivity contribution >= 4 is 21.4 Å². The molecule has 2 atom stereocenters. The number of hydrogen-bond acceptors (Lipinski definition) is 4. The summed E-state index contributed by atoms with van der Waals surface area (Å²) in [5.74, 6) is -0.176. The Morgan fingerprint density at radius 2 is 1.63 bits per heavy atom. The minimum Gasteiger partial charge on any atom is -0.367 e. The van der Waals surface area contributed by atoms with Gasteiger partial charge in [-0.3, -0.25) is 4.79 Å². The Morgan fingerprint density at radius 1 is 0.974 bits per heavy atom. The Kier molecular flexibility index (Phi) is 8.16. The molecule has 1 heterocycles. The number of alkyl halides is 3. The molecular formula is C29H31F3N2O3S. The maximum Gasteiger partial charge on any atom is 0.416 e. The Balaban J connectivity index is 1.49. The first kappa shape index (κ1) is 27.7. The quantitative estimate of drug-likeness (QED) is 0.367. The molecule has 1 N–H and O–H groups in total. The number of para-hydroxylation sites is 1. The van der Waals surface area contributed by atoms with E-state index in [4.69, 9.17) is 0 Å². The Hall–Kier alpha value is -3.33. The molecule has 3 aromatic rings. The summed E-state index contributed by atoms with van der Waals surface area (Å²) >= 11 is 0. The maximum absolute atomic E-state index is 13.2. The van der Waals surface area contributed by atoms with Gasteiger partial charge in [-0.05, 0) is 60.4 Å². The lowest BCUT2D eigenvalue weighted by Crippen LogP contribution is -2.32. The summed E-state index contributed by atoms with van der Waals surface area (Å²) in [4.78, 5) is 15.6. The SMILES string of the molecule is CC[C@H]1CC(c2ccc(C(F)(F)F)cc2)CN1c1ccccc1C(=O)NCc1ccc(S(=O)(=O)CC)cc1. The highest BCUT2D eigenvalue weighted by atomic mass is 32.2. The molecule has 1 amide bonds. The maximum atomic E-state index is 13.2. The van der Waals surface area contributed by atoms with Crippen LogP contribution in [0.5, 0.6) is 0 Å². The van der Waals surface area contributed by atoms with E-state index in [0.29, 0.717) is 12.1 Å². The predicted octanol–water partition coefficient (Wildman–Crippen LogP) is 6.20. The van der Waals surface area contributed by atoms with E-state index in [2.05, 4.69) is 17.1 Å². The second-order valence-corrected chi connectivity index (χ2v) is 11.8. The number of benzene rings is 3. The van der Waals surface area contributed by atoms with Gasteiger partial charge in [-0.1, -0.05) is 50.2 Å². The summed E-state index contributed by atoms with van der Waals surface area (Å²) in [6.45, 7) is 4.50. The Labute approximate surface area is 221 Å². The van der Waals surface area contributed by atoms with Crippen LogP contribution in [0.4, 0.5) is 18.9 Å². The van der Waals surface area contributed by atoms with E-state index in [1.807, 2.05) is 12.1 Å². The third-order valence-electron chi connectivity index (χ3n) is 7.17. The molecule has 202 valence electrons. The minimum atomic E-state index is -4.37. The summed E-state index contributed by atoms with van der Waals surface area (Å²) in [7, 11) is -3.29. The van der Waals surface area contributed by atoms with Crippen molar-refractivity contribution in [2.24, 2.45) is 0 Å². The van der Waals surface area contributed by atoms with Gasteiger partial charge in [0.05, 0.1) is 21.8 Å². The van der Waals surface area contributed by atoms with Gasteiger partial charge in [-0.2, -0.15) is 13.2 Å². The fraction of sp³-hybridized carbons (Fsp3) is 0.345. The van der Waals surface area contributed by atoms with Crippen LogP contribution in [0.2, 0.25) is 0 Å². The second-order valence-electron chi connectivity index (χ2n) is 9.51. The van der Waals surface area contributed by atoms with Crippen LogP contribution in [0.3, 0.4) is 0 Å². The van der Waals surface area contributed by atoms with Crippen LogP contribution in [0.15, 0.2) is 77.7 Å². The molecule has 0 spiro atoms. The number of halogens is 3. The van der Waals surface area contributed by atoms with Gasteiger partial charge in [0.1, 0.15) is 0 Å². The molecule has 1 fully saturated rings. The lowest BCUT2D eigenvalue weighted by atomic mass is 9.95. The fourth-order valence-corrected chi connectivity index (χ4v) is 5.84. The summed E-state index contributed by atoms with van der Waals surface area (Å²) in [6.07, 6.45) is -2.75. The number of sulfone groups is 1. The van der Waals surface area contributed by atoms with E-state index < -0.39 is 21.6 Å². The second kappa shape index (κ2) is 11.2. The topological polar surface area (TPSA) is 66.5 Å². The molecule has 38 heavy (non-hydrogen) atoms. The molecule has 1 saturated heterocycles. The van der Waals surface area contributed by atoms with Crippen LogP contribution < -0.4 is 10.2 Å². The number of anilines is 1. The van der Waals surface area contributed by atoms with Crippen LogP contribution in [0.25, 0.3) is 0 Å². The van der Waals surface area contributed by atoms with Crippen molar-refractivity contribution in [3.8, 4) is 0 Å². The number of rotatable bonds is 8. The van der Waals surface area contributed by atoms with Crippen molar-refractivity contribution in [2.75, 3.05) is 17.2 Å². The number of nitrogens with zero attached hydrogens (tertiary/aromatic N) is 1. The number of nitrogens with one attached hydrogen (secondary N) is 1. The first-order valence-corrected chi connectivity index (χ1v) is 14.3. The smallest absolute Gasteiger partial charge is 0.367 e. The van der Waals surface area contributed by atoms with E-state index in [1.54, 1.807) is 55.5 Å². The molecule has 4 rings (SSSR count). The third-order valence-corrected chi connectivity index (χ3v) is 8.92. The molecule has 0 aromatic heterocycles. The molecule has 5 nitrogen and oxygen atoms in total. The van der Waals surface area contributed by atoms with Crippen LogP contribution in [-0.4, -0.2) is 32.7 Å². The molecule has 9 heteroatoms. The fourth-order valence-electron chi connectivity index (χ4n) is 4.96. The first-order chi connectivity index (χ1) is 18.0.